The summed E-state index contributed by atoms with van der Waals surface area (Å²) in [6, 6.07) is 0. The molecule has 6 nitrogen and oxygen atoms in total. The zero-order valence-electron chi connectivity index (χ0n) is 8.00. The average Bonchev–Trinajstić information content (AvgIpc) is 2.33. The molecule has 0 aromatic rings. The summed E-state index contributed by atoms with van der Waals surface area (Å²) in [5.74, 6) is 0. The van der Waals surface area contributed by atoms with Gasteiger partial charge >= 0.3 is 124 Å². The van der Waals surface area contributed by atoms with Crippen LogP contribution in [-0.4, -0.2) is 0 Å². The summed E-state index contributed by atoms with van der Waals surface area (Å²) in [6.07, 6.45) is 0. The van der Waals surface area contributed by atoms with Gasteiger partial charge in [-0.2, -0.15) is 0 Å². The minimum absolute atomic E-state index is 0. The molecular weight excluding hydrogens is 429 g/mol. The average molecular weight is 429 g/mol. The topological polar surface area (TPSA) is 143 Å². The van der Waals surface area contributed by atoms with E-state index in [1.54, 1.807) is 0 Å². The second kappa shape index (κ2) is 3550. The normalized spacial score (nSPS) is 0.800. The standard InChI is InChI=1S/6CN.2K.Pt/c6*1-2;;;/q6*-1;2*+1;+4. The van der Waals surface area contributed by atoms with E-state index in [4.69, 9.17) is 71.0 Å². The van der Waals surface area contributed by atoms with E-state index in [1.165, 1.54) is 0 Å². The summed E-state index contributed by atoms with van der Waals surface area (Å²) in [6.45, 7) is 28.5. The Balaban J connectivity index is -0.00000000396. The second-order valence-electron chi connectivity index (χ2n) is 0. The first kappa shape index (κ1) is 74.1. The Bertz CT molecular complexity index is 101. The molecule has 0 aromatic carbocycles. The van der Waals surface area contributed by atoms with Crippen LogP contribution in [0.1, 0.15) is 0 Å². The van der Waals surface area contributed by atoms with Crippen molar-refractivity contribution in [3.8, 4) is 0 Å². The first-order valence-corrected chi connectivity index (χ1v) is 1.34. The maximum Gasteiger partial charge on any atom is 4.00 e. The summed E-state index contributed by atoms with van der Waals surface area (Å²) in [4.78, 5) is 0. The Kier molecular flexibility index (Phi) is 17500. The smallest absolute Gasteiger partial charge is 0.512 e. The van der Waals surface area contributed by atoms with Gasteiger partial charge in [0.1, 0.15) is 0 Å². The van der Waals surface area contributed by atoms with Crippen LogP contribution in [0.3, 0.4) is 0 Å². The van der Waals surface area contributed by atoms with Crippen LogP contribution in [0.2, 0.25) is 0 Å². The molecule has 0 amide bonds. The number of nitrogens with zero attached hydrogens (tertiary/aromatic N) is 6. The van der Waals surface area contributed by atoms with Crippen LogP contribution in [0.25, 0.3) is 0 Å². The Labute approximate surface area is 190 Å². The fraction of sp³-hybridized carbons (Fsp3) is 0. The van der Waals surface area contributed by atoms with E-state index in [1.807, 2.05) is 0 Å². The maximum absolute atomic E-state index is 6.25. The van der Waals surface area contributed by atoms with Gasteiger partial charge in [-0.05, 0) is 0 Å². The zero-order chi connectivity index (χ0) is 12.0. The quantitative estimate of drug-likeness (QED) is 0.278. The van der Waals surface area contributed by atoms with Crippen LogP contribution in [-0.2, 0) is 21.1 Å². The molecule has 0 fully saturated rings. The third kappa shape index (κ3) is 3050. The molecule has 0 heterocycles. The van der Waals surface area contributed by atoms with Crippen molar-refractivity contribution in [3.05, 3.63) is 39.4 Å². The molecule has 0 N–H and O–H groups in total. The van der Waals surface area contributed by atoms with Gasteiger partial charge < -0.3 is 71.0 Å². The van der Waals surface area contributed by atoms with Gasteiger partial charge in [-0.3, -0.25) is 0 Å². The van der Waals surface area contributed by atoms with Crippen LogP contribution in [0.15, 0.2) is 0 Å². The maximum atomic E-state index is 6.25. The molecule has 0 atom stereocenters. The molecule has 66 valence electrons. The molecule has 0 saturated heterocycles. The van der Waals surface area contributed by atoms with Crippen molar-refractivity contribution in [3.63, 3.8) is 0 Å². The molecule has 0 rings (SSSR count). The predicted octanol–water partition coefficient (Wildman–Crippen LogP) is -5.42. The minimum Gasteiger partial charge on any atom is -0.512 e. The Morgan fingerprint density at radius 1 is 0.333 bits per heavy atom. The molecule has 0 unspecified atom stereocenters. The first-order valence-electron chi connectivity index (χ1n) is 1.34. The van der Waals surface area contributed by atoms with Gasteiger partial charge in [0.25, 0.3) is 0 Å². The fourth-order valence-corrected chi connectivity index (χ4v) is 0. The van der Waals surface area contributed by atoms with Gasteiger partial charge in [-0.15, -0.1) is 0 Å². The number of hydrogen-bond acceptors (Lipinski definition) is 6. The summed E-state index contributed by atoms with van der Waals surface area (Å²) < 4.78 is 0. The summed E-state index contributed by atoms with van der Waals surface area (Å²) in [5, 5.41) is 37.5. The molecule has 0 aliphatic carbocycles. The number of hydrogen-bond donors (Lipinski definition) is 0. The first-order chi connectivity index (χ1) is 6.00. The Morgan fingerprint density at radius 3 is 0.333 bits per heavy atom. The third-order valence-electron chi connectivity index (χ3n) is 0. The molecule has 0 aliphatic heterocycles. The van der Waals surface area contributed by atoms with E-state index in [0.29, 0.717) is 0 Å². The van der Waals surface area contributed by atoms with E-state index in [2.05, 4.69) is 0 Å². The van der Waals surface area contributed by atoms with Gasteiger partial charge in [0.2, 0.25) is 0 Å². The zero-order valence-corrected chi connectivity index (χ0v) is 16.5. The molecule has 0 radical (unpaired) electrons. The van der Waals surface area contributed by atoms with E-state index in [-0.39, 0.29) is 124 Å². The summed E-state index contributed by atoms with van der Waals surface area (Å²) in [7, 11) is 0. The molecule has 0 aromatic heterocycles. The van der Waals surface area contributed by atoms with Gasteiger partial charge in [0, 0.05) is 0 Å². The van der Waals surface area contributed by atoms with Crippen molar-refractivity contribution in [2.75, 3.05) is 0 Å². The van der Waals surface area contributed by atoms with Crippen LogP contribution in [0.5, 0.6) is 0 Å². The number of rotatable bonds is 0. The summed E-state index contributed by atoms with van der Waals surface area (Å²) >= 11 is 0. The molecule has 0 bridgehead atoms. The van der Waals surface area contributed by atoms with Crippen molar-refractivity contribution >= 4 is 0 Å². The second-order valence-corrected chi connectivity index (χ2v) is 0. The molecule has 9 heteroatoms. The third-order valence-corrected chi connectivity index (χ3v) is 0. The molecular formula is C6K2N6Pt. The van der Waals surface area contributed by atoms with E-state index in [9.17, 15) is 0 Å². The molecule has 15 heavy (non-hydrogen) atoms. The van der Waals surface area contributed by atoms with E-state index < -0.39 is 0 Å². The van der Waals surface area contributed by atoms with Crippen molar-refractivity contribution in [1.82, 2.24) is 0 Å². The minimum atomic E-state index is 0. The van der Waals surface area contributed by atoms with E-state index in [0.717, 1.165) is 0 Å². The summed E-state index contributed by atoms with van der Waals surface area (Å²) in [5.41, 5.74) is 0. The van der Waals surface area contributed by atoms with Crippen LogP contribution in [0.4, 0.5) is 0 Å². The van der Waals surface area contributed by atoms with E-state index >= 15 is 0 Å². The SMILES string of the molecule is [C-]#N.[C-]#N.[C-]#N.[C-]#N.[C-]#N.[C-]#N.[K+].[K+].[Pt+4]. The largest absolute Gasteiger partial charge is 4.00 e. The van der Waals surface area contributed by atoms with Gasteiger partial charge in [0.05, 0.1) is 0 Å². The van der Waals surface area contributed by atoms with Crippen molar-refractivity contribution < 1.29 is 124 Å². The molecule has 0 spiro atoms. The molecule has 0 saturated carbocycles. The van der Waals surface area contributed by atoms with Crippen LogP contribution >= 0.6 is 0 Å². The predicted molar refractivity (Wildman–Crippen MR) is 29.8 cm³/mol. The fourth-order valence-electron chi connectivity index (χ4n) is 0. The van der Waals surface area contributed by atoms with Crippen LogP contribution in [0, 0.1) is 71.0 Å². The van der Waals surface area contributed by atoms with Crippen LogP contribution < -0.4 is 103 Å². The monoisotopic (exact) mass is 429 g/mol. The van der Waals surface area contributed by atoms with Crippen molar-refractivity contribution in [2.45, 2.75) is 0 Å². The Hall–Kier alpha value is 0.901. The van der Waals surface area contributed by atoms with Crippen molar-refractivity contribution in [2.24, 2.45) is 0 Å². The van der Waals surface area contributed by atoms with Gasteiger partial charge in [0.15, 0.2) is 0 Å². The van der Waals surface area contributed by atoms with Gasteiger partial charge in [-0.1, -0.05) is 0 Å². The Morgan fingerprint density at radius 2 is 0.333 bits per heavy atom. The van der Waals surface area contributed by atoms with Gasteiger partial charge in [-0.25, -0.2) is 0 Å². The van der Waals surface area contributed by atoms with Crippen molar-refractivity contribution in [1.29, 1.82) is 31.6 Å². The molecule has 0 aliphatic rings.